The van der Waals surface area contributed by atoms with Gasteiger partial charge in [0.1, 0.15) is 0 Å². The van der Waals surface area contributed by atoms with Crippen LogP contribution in [0.25, 0.3) is 5.69 Å². The Morgan fingerprint density at radius 1 is 1.24 bits per heavy atom. The third kappa shape index (κ3) is 4.56. The number of rotatable bonds is 5. The second kappa shape index (κ2) is 7.95. The zero-order valence-electron chi connectivity index (χ0n) is 13.8. The lowest BCUT2D eigenvalue weighted by Gasteiger charge is -2.10. The van der Waals surface area contributed by atoms with E-state index >= 15 is 0 Å². The molecule has 0 aliphatic heterocycles. The minimum absolute atomic E-state index is 0.0528. The van der Waals surface area contributed by atoms with Gasteiger partial charge in [-0.15, -0.1) is 5.10 Å². The molecule has 0 aliphatic carbocycles. The molecule has 25 heavy (non-hydrogen) atoms. The highest BCUT2D eigenvalue weighted by atomic mass is 32.2. The minimum Gasteiger partial charge on any atom is -0.325 e. The second-order valence-corrected chi connectivity index (χ2v) is 8.71. The number of amides is 1. The lowest BCUT2D eigenvalue weighted by atomic mass is 10.2. The Morgan fingerprint density at radius 2 is 2.00 bits per heavy atom. The number of carbonyl (C=O) groups excluding carboxylic acids is 1. The van der Waals surface area contributed by atoms with Crippen LogP contribution in [0.3, 0.4) is 0 Å². The summed E-state index contributed by atoms with van der Waals surface area (Å²) in [4.78, 5) is 12.4. The molecule has 0 aliphatic rings. The quantitative estimate of drug-likeness (QED) is 0.489. The Bertz CT molecular complexity index is 934. The highest BCUT2D eigenvalue weighted by Crippen LogP contribution is 2.28. The summed E-state index contributed by atoms with van der Waals surface area (Å²) in [6.07, 6.45) is 0. The molecule has 0 spiro atoms. The van der Waals surface area contributed by atoms with E-state index in [4.69, 9.17) is 12.2 Å². The first kappa shape index (κ1) is 17.8. The molecular weight excluding hydrogens is 370 g/mol. The predicted molar refractivity (Wildman–Crippen MR) is 107 cm³/mol. The van der Waals surface area contributed by atoms with Crippen LogP contribution in [0.2, 0.25) is 0 Å². The molecule has 0 saturated heterocycles. The van der Waals surface area contributed by atoms with E-state index in [1.54, 1.807) is 4.68 Å². The molecular formula is C18H17N3OS3. The van der Waals surface area contributed by atoms with Crippen LogP contribution in [-0.4, -0.2) is 20.9 Å². The van der Waals surface area contributed by atoms with Crippen LogP contribution < -0.4 is 5.32 Å². The van der Waals surface area contributed by atoms with E-state index < -0.39 is 0 Å². The first-order valence-electron chi connectivity index (χ1n) is 7.73. The first-order chi connectivity index (χ1) is 12.0. The van der Waals surface area contributed by atoms with Crippen molar-refractivity contribution in [2.45, 2.75) is 23.4 Å². The average Bonchev–Trinajstić information content (AvgIpc) is 2.96. The van der Waals surface area contributed by atoms with E-state index in [1.165, 1.54) is 23.1 Å². The molecule has 1 N–H and O–H groups in total. The minimum atomic E-state index is -0.273. The molecule has 2 aromatic carbocycles. The Morgan fingerprint density at radius 3 is 2.72 bits per heavy atom. The maximum absolute atomic E-state index is 12.4. The van der Waals surface area contributed by atoms with Crippen molar-refractivity contribution in [3.8, 4) is 5.69 Å². The summed E-state index contributed by atoms with van der Waals surface area (Å²) in [6, 6.07) is 17.5. The summed E-state index contributed by atoms with van der Waals surface area (Å²) < 4.78 is 3.17. The molecule has 0 saturated carbocycles. The van der Waals surface area contributed by atoms with Gasteiger partial charge in [0.15, 0.2) is 8.29 Å². The van der Waals surface area contributed by atoms with Gasteiger partial charge >= 0.3 is 0 Å². The zero-order valence-corrected chi connectivity index (χ0v) is 16.3. The van der Waals surface area contributed by atoms with E-state index in [2.05, 4.69) is 10.4 Å². The van der Waals surface area contributed by atoms with E-state index in [1.807, 2.05) is 68.4 Å². The van der Waals surface area contributed by atoms with Crippen molar-refractivity contribution in [3.05, 3.63) is 64.1 Å². The summed E-state index contributed by atoms with van der Waals surface area (Å²) in [6.45, 7) is 3.87. The van der Waals surface area contributed by atoms with Crippen molar-refractivity contribution < 1.29 is 4.79 Å². The Labute approximate surface area is 159 Å². The van der Waals surface area contributed by atoms with Gasteiger partial charge in [-0.2, -0.15) is 0 Å². The standard InChI is InChI=1S/C18H17N3OS3/c1-12-7-6-8-14(11-12)19-16(22)13(2)24-17-20-21(18(23)25-17)15-9-4-3-5-10-15/h3-11,13H,1-2H3,(H,19,22). The third-order valence-electron chi connectivity index (χ3n) is 3.46. The van der Waals surface area contributed by atoms with Gasteiger partial charge in [-0.3, -0.25) is 4.79 Å². The number of hydrogen-bond acceptors (Lipinski definition) is 5. The number of aryl methyl sites for hydroxylation is 1. The SMILES string of the molecule is Cc1cccc(NC(=O)C(C)Sc2nn(-c3ccccc3)c(=S)s2)c1. The van der Waals surface area contributed by atoms with Crippen molar-refractivity contribution in [2.24, 2.45) is 0 Å². The van der Waals surface area contributed by atoms with E-state index in [0.717, 1.165) is 21.3 Å². The summed E-state index contributed by atoms with van der Waals surface area (Å²) >= 11 is 8.22. The van der Waals surface area contributed by atoms with Crippen LogP contribution in [-0.2, 0) is 4.79 Å². The number of carbonyl (C=O) groups is 1. The van der Waals surface area contributed by atoms with Gasteiger partial charge in [-0.05, 0) is 55.9 Å². The number of thioether (sulfide) groups is 1. The van der Waals surface area contributed by atoms with Crippen LogP contribution in [0.15, 0.2) is 58.9 Å². The van der Waals surface area contributed by atoms with Crippen molar-refractivity contribution >= 4 is 46.9 Å². The van der Waals surface area contributed by atoms with Crippen LogP contribution in [0, 0.1) is 10.9 Å². The Kier molecular flexibility index (Phi) is 5.67. The first-order valence-corrected chi connectivity index (χ1v) is 9.83. The lowest BCUT2D eigenvalue weighted by Crippen LogP contribution is -2.22. The molecule has 1 heterocycles. The Balaban J connectivity index is 1.70. The molecule has 1 aromatic heterocycles. The van der Waals surface area contributed by atoms with E-state index in [-0.39, 0.29) is 11.2 Å². The largest absolute Gasteiger partial charge is 0.325 e. The number of hydrogen-bond donors (Lipinski definition) is 1. The summed E-state index contributed by atoms with van der Waals surface area (Å²) in [5, 5.41) is 7.20. The van der Waals surface area contributed by atoms with Crippen LogP contribution in [0.5, 0.6) is 0 Å². The smallest absolute Gasteiger partial charge is 0.237 e. The molecule has 0 bridgehead atoms. The highest BCUT2D eigenvalue weighted by molar-refractivity contribution is 8.02. The van der Waals surface area contributed by atoms with Crippen LogP contribution in [0.1, 0.15) is 12.5 Å². The summed E-state index contributed by atoms with van der Waals surface area (Å²) in [5.41, 5.74) is 2.84. The fourth-order valence-corrected chi connectivity index (χ4v) is 4.72. The molecule has 3 rings (SSSR count). The maximum atomic E-state index is 12.4. The predicted octanol–water partition coefficient (Wildman–Crippen LogP) is 5.09. The number of nitrogens with one attached hydrogen (secondary N) is 1. The maximum Gasteiger partial charge on any atom is 0.237 e. The van der Waals surface area contributed by atoms with Crippen molar-refractivity contribution in [3.63, 3.8) is 0 Å². The Hall–Kier alpha value is -1.96. The molecule has 1 unspecified atom stereocenters. The zero-order chi connectivity index (χ0) is 17.8. The molecule has 1 atom stereocenters. The number of anilines is 1. The van der Waals surface area contributed by atoms with Crippen molar-refractivity contribution in [1.82, 2.24) is 9.78 Å². The van der Waals surface area contributed by atoms with Crippen LogP contribution >= 0.6 is 35.3 Å². The lowest BCUT2D eigenvalue weighted by molar-refractivity contribution is -0.115. The molecule has 128 valence electrons. The van der Waals surface area contributed by atoms with Gasteiger partial charge in [0, 0.05) is 5.69 Å². The topological polar surface area (TPSA) is 46.9 Å². The van der Waals surface area contributed by atoms with Crippen molar-refractivity contribution in [2.75, 3.05) is 5.32 Å². The normalized spacial score (nSPS) is 11.9. The molecule has 0 fully saturated rings. The van der Waals surface area contributed by atoms with E-state index in [9.17, 15) is 4.79 Å². The molecule has 0 radical (unpaired) electrons. The van der Waals surface area contributed by atoms with Gasteiger partial charge in [0.25, 0.3) is 0 Å². The number of para-hydroxylation sites is 1. The van der Waals surface area contributed by atoms with Crippen molar-refractivity contribution in [1.29, 1.82) is 0 Å². The van der Waals surface area contributed by atoms with Gasteiger partial charge in [0.05, 0.1) is 10.9 Å². The molecule has 7 heteroatoms. The summed E-state index contributed by atoms with van der Waals surface area (Å²) in [7, 11) is 0. The average molecular weight is 388 g/mol. The van der Waals surface area contributed by atoms with Gasteiger partial charge in [0.2, 0.25) is 5.91 Å². The highest BCUT2D eigenvalue weighted by Gasteiger charge is 2.17. The molecule has 4 nitrogen and oxygen atoms in total. The second-order valence-electron chi connectivity index (χ2n) is 5.50. The van der Waals surface area contributed by atoms with Crippen LogP contribution in [0.4, 0.5) is 5.69 Å². The molecule has 1 amide bonds. The number of benzene rings is 2. The van der Waals surface area contributed by atoms with Gasteiger partial charge < -0.3 is 5.32 Å². The fraction of sp³-hybridized carbons (Fsp3) is 0.167. The van der Waals surface area contributed by atoms with Gasteiger partial charge in [-0.25, -0.2) is 4.68 Å². The number of nitrogens with zero attached hydrogens (tertiary/aromatic N) is 2. The summed E-state index contributed by atoms with van der Waals surface area (Å²) in [5.74, 6) is -0.0528. The number of aromatic nitrogens is 2. The van der Waals surface area contributed by atoms with Gasteiger partial charge in [-0.1, -0.05) is 53.4 Å². The monoisotopic (exact) mass is 387 g/mol. The third-order valence-corrected chi connectivity index (χ3v) is 5.88. The molecule has 3 aromatic rings. The van der Waals surface area contributed by atoms with E-state index in [0.29, 0.717) is 3.95 Å². The fourth-order valence-electron chi connectivity index (χ4n) is 2.21.